The normalized spacial score (nSPS) is 12.5. The summed E-state index contributed by atoms with van der Waals surface area (Å²) in [6.07, 6.45) is 1.71. The van der Waals surface area contributed by atoms with E-state index in [1.54, 1.807) is 18.0 Å². The fraction of sp³-hybridized carbons (Fsp3) is 0.308. The number of methoxy groups -OCH3 is 1. The fourth-order valence-corrected chi connectivity index (χ4v) is 2.50. The van der Waals surface area contributed by atoms with Gasteiger partial charge in [-0.25, -0.2) is 0 Å². The molecule has 1 atom stereocenters. The number of rotatable bonds is 4. The summed E-state index contributed by atoms with van der Waals surface area (Å²) in [5, 5.41) is 8.18. The second-order valence-corrected chi connectivity index (χ2v) is 5.38. The van der Waals surface area contributed by atoms with Gasteiger partial charge in [0.2, 0.25) is 0 Å². The maximum Gasteiger partial charge on any atom is 0.161 e. The Kier molecular flexibility index (Phi) is 4.50. The van der Waals surface area contributed by atoms with E-state index in [0.29, 0.717) is 5.02 Å². The van der Waals surface area contributed by atoms with Crippen LogP contribution in [0.3, 0.4) is 0 Å². The lowest BCUT2D eigenvalue weighted by Crippen LogP contribution is -2.21. The van der Waals surface area contributed by atoms with E-state index in [1.165, 1.54) is 0 Å². The third kappa shape index (κ3) is 2.78. The van der Waals surface area contributed by atoms with Crippen LogP contribution in [0.25, 0.3) is 0 Å². The third-order valence-electron chi connectivity index (χ3n) is 3.01. The summed E-state index contributed by atoms with van der Waals surface area (Å²) in [6, 6.07) is 5.85. The molecule has 19 heavy (non-hydrogen) atoms. The van der Waals surface area contributed by atoms with Crippen molar-refractivity contribution in [3.05, 3.63) is 45.1 Å². The molecule has 1 aromatic heterocycles. The first kappa shape index (κ1) is 14.4. The first-order valence-corrected chi connectivity index (χ1v) is 6.93. The van der Waals surface area contributed by atoms with Gasteiger partial charge >= 0.3 is 0 Å². The zero-order chi connectivity index (χ0) is 14.0. The van der Waals surface area contributed by atoms with Crippen molar-refractivity contribution in [2.24, 2.45) is 7.05 Å². The number of aryl methyl sites for hydroxylation is 1. The number of nitrogens with one attached hydrogen (secondary N) is 1. The summed E-state index contributed by atoms with van der Waals surface area (Å²) < 4.78 is 8.04. The second-order valence-electron chi connectivity index (χ2n) is 4.12. The highest BCUT2D eigenvalue weighted by Crippen LogP contribution is 2.32. The average molecular weight is 345 g/mol. The lowest BCUT2D eigenvalue weighted by atomic mass is 10.0. The zero-order valence-electron chi connectivity index (χ0n) is 10.9. The molecule has 0 aliphatic rings. The molecule has 1 heterocycles. The van der Waals surface area contributed by atoms with E-state index in [2.05, 4.69) is 26.3 Å². The average Bonchev–Trinajstić information content (AvgIpc) is 2.76. The SMILES string of the molecule is CNC(c1ccc(Br)c(Cl)c1)c1c(OC)cnn1C. The first-order valence-electron chi connectivity index (χ1n) is 5.76. The van der Waals surface area contributed by atoms with Crippen LogP contribution in [-0.4, -0.2) is 23.9 Å². The third-order valence-corrected chi connectivity index (χ3v) is 4.24. The van der Waals surface area contributed by atoms with Crippen LogP contribution < -0.4 is 10.1 Å². The Balaban J connectivity index is 2.49. The number of nitrogens with zero attached hydrogens (tertiary/aromatic N) is 2. The van der Waals surface area contributed by atoms with Gasteiger partial charge in [0.1, 0.15) is 5.69 Å². The highest BCUT2D eigenvalue weighted by atomic mass is 79.9. The van der Waals surface area contributed by atoms with Crippen molar-refractivity contribution in [2.75, 3.05) is 14.2 Å². The van der Waals surface area contributed by atoms with Gasteiger partial charge in [0.15, 0.2) is 5.75 Å². The summed E-state index contributed by atoms with van der Waals surface area (Å²) in [5.41, 5.74) is 2.01. The predicted octanol–water partition coefficient (Wildman–Crippen LogP) is 3.15. The highest BCUT2D eigenvalue weighted by molar-refractivity contribution is 9.10. The Bertz CT molecular complexity index is 585. The van der Waals surface area contributed by atoms with Gasteiger partial charge in [-0.1, -0.05) is 17.7 Å². The van der Waals surface area contributed by atoms with E-state index in [1.807, 2.05) is 32.3 Å². The van der Waals surface area contributed by atoms with Crippen molar-refractivity contribution in [3.63, 3.8) is 0 Å². The molecule has 0 fully saturated rings. The quantitative estimate of drug-likeness (QED) is 0.926. The molecule has 0 aliphatic heterocycles. The molecule has 1 N–H and O–H groups in total. The summed E-state index contributed by atoms with van der Waals surface area (Å²) >= 11 is 9.56. The van der Waals surface area contributed by atoms with Crippen molar-refractivity contribution in [1.29, 1.82) is 0 Å². The molecular formula is C13H15BrClN3O. The van der Waals surface area contributed by atoms with Gasteiger partial charge in [-0.2, -0.15) is 5.10 Å². The molecule has 2 aromatic rings. The summed E-state index contributed by atoms with van der Waals surface area (Å²) in [4.78, 5) is 0. The minimum atomic E-state index is -0.0342. The Morgan fingerprint density at radius 2 is 2.21 bits per heavy atom. The molecule has 0 bridgehead atoms. The van der Waals surface area contributed by atoms with Gasteiger partial charge in [-0.15, -0.1) is 0 Å². The van der Waals surface area contributed by atoms with E-state index in [4.69, 9.17) is 16.3 Å². The van der Waals surface area contributed by atoms with Crippen molar-refractivity contribution in [3.8, 4) is 5.75 Å². The van der Waals surface area contributed by atoms with Crippen LogP contribution in [0.4, 0.5) is 0 Å². The highest BCUT2D eigenvalue weighted by Gasteiger charge is 2.21. The molecule has 0 amide bonds. The lowest BCUT2D eigenvalue weighted by molar-refractivity contribution is 0.402. The van der Waals surface area contributed by atoms with Gasteiger partial charge in [-0.05, 0) is 40.7 Å². The Labute approximate surface area is 125 Å². The van der Waals surface area contributed by atoms with Crippen molar-refractivity contribution in [2.45, 2.75) is 6.04 Å². The van der Waals surface area contributed by atoms with Gasteiger partial charge < -0.3 is 10.1 Å². The van der Waals surface area contributed by atoms with Crippen LogP contribution in [0.1, 0.15) is 17.3 Å². The Morgan fingerprint density at radius 3 is 2.79 bits per heavy atom. The summed E-state index contributed by atoms with van der Waals surface area (Å²) in [7, 11) is 5.43. The second kappa shape index (κ2) is 5.94. The molecule has 0 radical (unpaired) electrons. The number of benzene rings is 1. The Morgan fingerprint density at radius 1 is 1.47 bits per heavy atom. The van der Waals surface area contributed by atoms with Gasteiger partial charge in [0, 0.05) is 11.5 Å². The molecule has 0 saturated carbocycles. The van der Waals surface area contributed by atoms with Crippen molar-refractivity contribution >= 4 is 27.5 Å². The van der Waals surface area contributed by atoms with Crippen LogP contribution >= 0.6 is 27.5 Å². The maximum absolute atomic E-state index is 6.16. The molecule has 2 rings (SSSR count). The zero-order valence-corrected chi connectivity index (χ0v) is 13.3. The molecule has 0 spiro atoms. The molecule has 1 unspecified atom stereocenters. The van der Waals surface area contributed by atoms with Crippen molar-refractivity contribution in [1.82, 2.24) is 15.1 Å². The Hall–Kier alpha value is -1.04. The van der Waals surface area contributed by atoms with E-state index in [-0.39, 0.29) is 6.04 Å². The van der Waals surface area contributed by atoms with E-state index >= 15 is 0 Å². The van der Waals surface area contributed by atoms with Crippen LogP contribution in [0, 0.1) is 0 Å². The summed E-state index contributed by atoms with van der Waals surface area (Å²) in [6.45, 7) is 0. The van der Waals surface area contributed by atoms with Gasteiger partial charge in [0.25, 0.3) is 0 Å². The van der Waals surface area contributed by atoms with E-state index in [0.717, 1.165) is 21.5 Å². The number of ether oxygens (including phenoxy) is 1. The molecule has 6 heteroatoms. The summed E-state index contributed by atoms with van der Waals surface area (Å²) in [5.74, 6) is 0.751. The van der Waals surface area contributed by atoms with Crippen LogP contribution in [-0.2, 0) is 7.05 Å². The molecular weight excluding hydrogens is 330 g/mol. The first-order chi connectivity index (χ1) is 9.08. The number of aromatic nitrogens is 2. The van der Waals surface area contributed by atoms with Crippen LogP contribution in [0.2, 0.25) is 5.02 Å². The van der Waals surface area contributed by atoms with E-state index < -0.39 is 0 Å². The molecule has 0 saturated heterocycles. The number of halogens is 2. The minimum absolute atomic E-state index is 0.0342. The smallest absolute Gasteiger partial charge is 0.161 e. The predicted molar refractivity (Wildman–Crippen MR) is 79.8 cm³/mol. The molecule has 1 aromatic carbocycles. The minimum Gasteiger partial charge on any atom is -0.493 e. The van der Waals surface area contributed by atoms with Gasteiger partial charge in [-0.3, -0.25) is 4.68 Å². The van der Waals surface area contributed by atoms with E-state index in [9.17, 15) is 0 Å². The molecule has 102 valence electrons. The van der Waals surface area contributed by atoms with Crippen LogP contribution in [0.5, 0.6) is 5.75 Å². The maximum atomic E-state index is 6.16. The largest absolute Gasteiger partial charge is 0.493 e. The lowest BCUT2D eigenvalue weighted by Gasteiger charge is -2.19. The number of hydrogen-bond donors (Lipinski definition) is 1. The monoisotopic (exact) mass is 343 g/mol. The standard InChI is InChI=1S/C13H15BrClN3O/c1-16-12(8-4-5-9(14)10(15)6-8)13-11(19-3)7-17-18(13)2/h4-7,12,16H,1-3H3. The van der Waals surface area contributed by atoms with Crippen molar-refractivity contribution < 1.29 is 4.74 Å². The van der Waals surface area contributed by atoms with Crippen LogP contribution in [0.15, 0.2) is 28.9 Å². The molecule has 4 nitrogen and oxygen atoms in total. The fourth-order valence-electron chi connectivity index (χ4n) is 2.07. The number of hydrogen-bond acceptors (Lipinski definition) is 3. The molecule has 0 aliphatic carbocycles. The topological polar surface area (TPSA) is 39.1 Å². The van der Waals surface area contributed by atoms with Gasteiger partial charge in [0.05, 0.1) is 24.4 Å².